The molecule has 1 unspecified atom stereocenters. The van der Waals surface area contributed by atoms with Gasteiger partial charge in [0.15, 0.2) is 0 Å². The van der Waals surface area contributed by atoms with Gasteiger partial charge in [-0.25, -0.2) is 0 Å². The molecule has 1 heteroatoms. The quantitative estimate of drug-likeness (QED) is 0.622. The van der Waals surface area contributed by atoms with Crippen LogP contribution in [-0.4, -0.2) is 13.2 Å². The topological polar surface area (TPSA) is 9.23 Å². The largest absolute Gasteiger partial charge is 0.377 e. The van der Waals surface area contributed by atoms with Gasteiger partial charge in [-0.2, -0.15) is 0 Å². The van der Waals surface area contributed by atoms with Crippen LogP contribution in [0.25, 0.3) is 0 Å². The lowest BCUT2D eigenvalue weighted by atomic mass is 9.49. The van der Waals surface area contributed by atoms with Gasteiger partial charge in [0, 0.05) is 12.5 Å². The van der Waals surface area contributed by atoms with E-state index in [1.54, 1.807) is 5.57 Å². The Morgan fingerprint density at radius 1 is 1.14 bits per heavy atom. The van der Waals surface area contributed by atoms with Crippen LogP contribution in [0.2, 0.25) is 0 Å². The van der Waals surface area contributed by atoms with E-state index in [2.05, 4.69) is 44.2 Å². The Bertz CT molecular complexity index is 528. The zero-order valence-electron chi connectivity index (χ0n) is 13.6. The maximum atomic E-state index is 5.57. The van der Waals surface area contributed by atoms with Gasteiger partial charge in [-0.15, -0.1) is 0 Å². The first-order valence-electron chi connectivity index (χ1n) is 8.66. The van der Waals surface area contributed by atoms with Crippen molar-refractivity contribution in [3.63, 3.8) is 0 Å². The fourth-order valence-electron chi connectivity index (χ4n) is 5.87. The van der Waals surface area contributed by atoms with E-state index in [0.717, 1.165) is 24.2 Å². The van der Waals surface area contributed by atoms with Crippen molar-refractivity contribution >= 4 is 0 Å². The Kier molecular flexibility index (Phi) is 3.02. The third-order valence-electron chi connectivity index (χ3n) is 7.24. The minimum absolute atomic E-state index is 0.294. The van der Waals surface area contributed by atoms with Crippen molar-refractivity contribution in [3.05, 3.63) is 36.0 Å². The SMILES string of the molecule is COC1C=C[C@@]2(C)C(=CC[C@H]3[C@@H]4CC=C[C@@]4(C)CC[C@@H]32)C1. The fraction of sp³-hybridized carbons (Fsp3) is 0.700. The average Bonchev–Trinajstić information content (AvgIpc) is 2.88. The standard InChI is InChI=1S/C20H28O/c1-19-10-4-5-17(19)16-7-6-14-13-15(21-3)8-12-20(14,2)18(16)9-11-19/h4,6,8,10,12,15-18H,5,7,9,11,13H2,1-3H3/t15?,16-,17-,18-,19-,20-/m0/s1. The molecule has 0 amide bonds. The van der Waals surface area contributed by atoms with Crippen LogP contribution in [0.1, 0.15) is 46.0 Å². The first kappa shape index (κ1) is 13.8. The Hall–Kier alpha value is -0.820. The molecule has 0 saturated heterocycles. The second-order valence-electron chi connectivity index (χ2n) is 8.14. The molecule has 0 heterocycles. The minimum Gasteiger partial charge on any atom is -0.377 e. The molecule has 114 valence electrons. The number of hydrogen-bond donors (Lipinski definition) is 0. The van der Waals surface area contributed by atoms with Gasteiger partial charge >= 0.3 is 0 Å². The lowest BCUT2D eigenvalue weighted by Gasteiger charge is -2.55. The van der Waals surface area contributed by atoms with E-state index in [9.17, 15) is 0 Å². The van der Waals surface area contributed by atoms with Crippen LogP contribution in [-0.2, 0) is 4.74 Å². The lowest BCUT2D eigenvalue weighted by molar-refractivity contribution is 0.00711. The summed E-state index contributed by atoms with van der Waals surface area (Å²) in [5.41, 5.74) is 2.42. The molecule has 4 aliphatic rings. The smallest absolute Gasteiger partial charge is 0.0789 e. The van der Waals surface area contributed by atoms with Gasteiger partial charge in [0.2, 0.25) is 0 Å². The third kappa shape index (κ3) is 1.86. The van der Waals surface area contributed by atoms with Gasteiger partial charge in [-0.3, -0.25) is 0 Å². The molecule has 0 bridgehead atoms. The summed E-state index contributed by atoms with van der Waals surface area (Å²) in [6.45, 7) is 4.99. The maximum Gasteiger partial charge on any atom is 0.0789 e. The summed E-state index contributed by atoms with van der Waals surface area (Å²) in [7, 11) is 1.83. The van der Waals surface area contributed by atoms with Gasteiger partial charge in [-0.1, -0.05) is 49.8 Å². The van der Waals surface area contributed by atoms with Crippen molar-refractivity contribution in [3.8, 4) is 0 Å². The summed E-state index contributed by atoms with van der Waals surface area (Å²) in [5.74, 6) is 2.58. The van der Waals surface area contributed by atoms with E-state index in [0.29, 0.717) is 16.9 Å². The Morgan fingerprint density at radius 2 is 2.00 bits per heavy atom. The van der Waals surface area contributed by atoms with Crippen molar-refractivity contribution in [1.82, 2.24) is 0 Å². The number of allylic oxidation sites excluding steroid dienone is 4. The second kappa shape index (κ2) is 4.59. The van der Waals surface area contributed by atoms with E-state index >= 15 is 0 Å². The van der Waals surface area contributed by atoms with Crippen molar-refractivity contribution in [2.45, 2.75) is 52.1 Å². The summed E-state index contributed by atoms with van der Waals surface area (Å²) in [6.07, 6.45) is 19.1. The fourth-order valence-corrected chi connectivity index (χ4v) is 5.87. The third-order valence-corrected chi connectivity index (χ3v) is 7.24. The highest BCUT2D eigenvalue weighted by atomic mass is 16.5. The summed E-state index contributed by atoms with van der Waals surface area (Å²) in [4.78, 5) is 0. The molecule has 0 radical (unpaired) electrons. The molecule has 4 rings (SSSR count). The number of methoxy groups -OCH3 is 1. The Labute approximate surface area is 129 Å². The van der Waals surface area contributed by atoms with Crippen LogP contribution in [0.3, 0.4) is 0 Å². The molecule has 21 heavy (non-hydrogen) atoms. The van der Waals surface area contributed by atoms with E-state index in [-0.39, 0.29) is 0 Å². The van der Waals surface area contributed by atoms with Gasteiger partial charge in [0.1, 0.15) is 0 Å². The summed E-state index contributed by atoms with van der Waals surface area (Å²) < 4.78 is 5.57. The summed E-state index contributed by atoms with van der Waals surface area (Å²) in [6, 6.07) is 0. The van der Waals surface area contributed by atoms with Crippen molar-refractivity contribution in [2.24, 2.45) is 28.6 Å². The predicted octanol–water partition coefficient (Wildman–Crippen LogP) is 4.91. The maximum absolute atomic E-state index is 5.57. The Morgan fingerprint density at radius 3 is 2.81 bits per heavy atom. The van der Waals surface area contributed by atoms with Crippen molar-refractivity contribution in [1.29, 1.82) is 0 Å². The highest BCUT2D eigenvalue weighted by Crippen LogP contribution is 2.62. The molecule has 1 fully saturated rings. The molecule has 0 aliphatic heterocycles. The monoisotopic (exact) mass is 284 g/mol. The number of ether oxygens (including phenoxy) is 1. The average molecular weight is 284 g/mol. The van der Waals surface area contributed by atoms with Crippen LogP contribution in [0, 0.1) is 28.6 Å². The first-order chi connectivity index (χ1) is 10.1. The van der Waals surface area contributed by atoms with Gasteiger partial charge in [0.05, 0.1) is 6.10 Å². The minimum atomic E-state index is 0.294. The van der Waals surface area contributed by atoms with E-state index in [4.69, 9.17) is 4.74 Å². The molecule has 0 aromatic carbocycles. The first-order valence-corrected chi connectivity index (χ1v) is 8.66. The van der Waals surface area contributed by atoms with Crippen LogP contribution in [0.15, 0.2) is 36.0 Å². The van der Waals surface area contributed by atoms with Gasteiger partial charge in [0.25, 0.3) is 0 Å². The van der Waals surface area contributed by atoms with Gasteiger partial charge < -0.3 is 4.74 Å². The number of rotatable bonds is 1. The zero-order valence-corrected chi connectivity index (χ0v) is 13.6. The van der Waals surface area contributed by atoms with Crippen LogP contribution < -0.4 is 0 Å². The van der Waals surface area contributed by atoms with Crippen molar-refractivity contribution in [2.75, 3.05) is 7.11 Å². The molecule has 1 saturated carbocycles. The lowest BCUT2D eigenvalue weighted by Crippen LogP contribution is -2.48. The second-order valence-corrected chi connectivity index (χ2v) is 8.14. The molecular formula is C20H28O. The summed E-state index contributed by atoms with van der Waals surface area (Å²) in [5, 5.41) is 0. The van der Waals surface area contributed by atoms with E-state index < -0.39 is 0 Å². The summed E-state index contributed by atoms with van der Waals surface area (Å²) >= 11 is 0. The van der Waals surface area contributed by atoms with Crippen LogP contribution in [0.5, 0.6) is 0 Å². The van der Waals surface area contributed by atoms with Gasteiger partial charge in [-0.05, 0) is 55.3 Å². The van der Waals surface area contributed by atoms with E-state index in [1.165, 1.54) is 25.7 Å². The molecule has 6 atom stereocenters. The molecular weight excluding hydrogens is 256 g/mol. The molecule has 0 aromatic heterocycles. The number of fused-ring (bicyclic) bond motifs is 5. The Balaban J connectivity index is 1.69. The van der Waals surface area contributed by atoms with Crippen LogP contribution in [0.4, 0.5) is 0 Å². The predicted molar refractivity (Wildman–Crippen MR) is 86.9 cm³/mol. The molecule has 4 aliphatic carbocycles. The van der Waals surface area contributed by atoms with Crippen LogP contribution >= 0.6 is 0 Å². The highest BCUT2D eigenvalue weighted by Gasteiger charge is 2.53. The molecule has 1 nitrogen and oxygen atoms in total. The molecule has 0 aromatic rings. The van der Waals surface area contributed by atoms with E-state index in [1.807, 2.05) is 7.11 Å². The number of hydrogen-bond acceptors (Lipinski definition) is 1. The molecule has 0 N–H and O–H groups in total. The zero-order chi connectivity index (χ0) is 14.7. The van der Waals surface area contributed by atoms with Crippen molar-refractivity contribution < 1.29 is 4.74 Å². The highest BCUT2D eigenvalue weighted by molar-refractivity contribution is 5.33. The molecule has 0 spiro atoms. The normalized spacial score (nSPS) is 51.1.